The Hall–Kier alpha value is -1.67. The van der Waals surface area contributed by atoms with Crippen molar-refractivity contribution in [2.24, 2.45) is 5.41 Å². The van der Waals surface area contributed by atoms with Crippen molar-refractivity contribution in [2.45, 2.75) is 32.2 Å². The molecule has 3 rings (SSSR count). The number of amides is 1. The predicted octanol–water partition coefficient (Wildman–Crippen LogP) is -0.0531. The number of rotatable bonds is 5. The largest absolute Gasteiger partial charge is 0.472 e. The lowest BCUT2D eigenvalue weighted by Crippen LogP contribution is -2.42. The van der Waals surface area contributed by atoms with E-state index < -0.39 is 0 Å². The van der Waals surface area contributed by atoms with Crippen LogP contribution in [0, 0.1) is 12.3 Å². The zero-order valence-electron chi connectivity index (χ0n) is 13.8. The SMILES string of the molecule is Cc1nonc1OCCNC(=O)[C@H]1CC2(CCNCC2)CN1C. The van der Waals surface area contributed by atoms with Crippen LogP contribution in [0.4, 0.5) is 0 Å². The number of likely N-dealkylation sites (N-methyl/N-ethyl adjacent to an activating group) is 1. The fraction of sp³-hybridized carbons (Fsp3) is 0.800. The molecule has 1 amide bonds. The molecule has 1 atom stereocenters. The third-order valence-electron chi connectivity index (χ3n) is 4.96. The summed E-state index contributed by atoms with van der Waals surface area (Å²) in [6.45, 7) is 5.68. The van der Waals surface area contributed by atoms with Crippen LogP contribution in [-0.4, -0.2) is 67.0 Å². The van der Waals surface area contributed by atoms with E-state index in [0.717, 1.165) is 38.9 Å². The highest BCUT2D eigenvalue weighted by Gasteiger charge is 2.45. The van der Waals surface area contributed by atoms with Crippen LogP contribution in [0.1, 0.15) is 25.0 Å². The van der Waals surface area contributed by atoms with Gasteiger partial charge in [0.25, 0.3) is 5.88 Å². The van der Waals surface area contributed by atoms with Crippen molar-refractivity contribution in [3.05, 3.63) is 5.69 Å². The van der Waals surface area contributed by atoms with Gasteiger partial charge in [-0.2, -0.15) is 0 Å². The number of ether oxygens (including phenoxy) is 1. The molecule has 1 spiro atoms. The number of carbonyl (C=O) groups excluding carboxylic acids is 1. The highest BCUT2D eigenvalue weighted by molar-refractivity contribution is 5.82. The summed E-state index contributed by atoms with van der Waals surface area (Å²) in [5, 5.41) is 13.6. The molecule has 0 bridgehead atoms. The second-order valence-electron chi connectivity index (χ2n) is 6.68. The second kappa shape index (κ2) is 6.84. The summed E-state index contributed by atoms with van der Waals surface area (Å²) in [6, 6.07) is -0.0384. The summed E-state index contributed by atoms with van der Waals surface area (Å²) in [6.07, 6.45) is 3.26. The van der Waals surface area contributed by atoms with Gasteiger partial charge in [0.05, 0.1) is 12.6 Å². The fourth-order valence-electron chi connectivity index (χ4n) is 3.68. The summed E-state index contributed by atoms with van der Waals surface area (Å²) in [7, 11) is 2.04. The molecule has 0 aliphatic carbocycles. The molecular formula is C15H25N5O3. The molecule has 0 radical (unpaired) electrons. The van der Waals surface area contributed by atoms with E-state index in [-0.39, 0.29) is 11.9 Å². The van der Waals surface area contributed by atoms with Gasteiger partial charge in [-0.1, -0.05) is 5.16 Å². The Kier molecular flexibility index (Phi) is 4.82. The van der Waals surface area contributed by atoms with Gasteiger partial charge in [0.1, 0.15) is 12.3 Å². The first-order valence-electron chi connectivity index (χ1n) is 8.20. The lowest BCUT2D eigenvalue weighted by atomic mass is 9.77. The van der Waals surface area contributed by atoms with Gasteiger partial charge in [0, 0.05) is 6.54 Å². The van der Waals surface area contributed by atoms with E-state index in [4.69, 9.17) is 4.74 Å². The molecule has 23 heavy (non-hydrogen) atoms. The molecule has 2 N–H and O–H groups in total. The van der Waals surface area contributed by atoms with Gasteiger partial charge in [-0.25, -0.2) is 4.63 Å². The monoisotopic (exact) mass is 323 g/mol. The minimum absolute atomic E-state index is 0.0384. The van der Waals surface area contributed by atoms with E-state index in [9.17, 15) is 4.79 Å². The van der Waals surface area contributed by atoms with E-state index in [1.807, 2.05) is 7.05 Å². The number of aromatic nitrogens is 2. The van der Waals surface area contributed by atoms with Gasteiger partial charge in [0.15, 0.2) is 0 Å². The van der Waals surface area contributed by atoms with Crippen molar-refractivity contribution in [1.29, 1.82) is 0 Å². The van der Waals surface area contributed by atoms with Gasteiger partial charge < -0.3 is 15.4 Å². The van der Waals surface area contributed by atoms with Gasteiger partial charge in [-0.05, 0) is 56.9 Å². The van der Waals surface area contributed by atoms with E-state index in [0.29, 0.717) is 30.1 Å². The van der Waals surface area contributed by atoms with E-state index in [2.05, 4.69) is 30.5 Å². The quantitative estimate of drug-likeness (QED) is 0.734. The number of carbonyl (C=O) groups is 1. The van der Waals surface area contributed by atoms with Crippen LogP contribution in [0.25, 0.3) is 0 Å². The standard InChI is InChI=1S/C15H25N5O3/c1-11-14(19-23-18-11)22-8-7-17-13(21)12-9-15(10-20(12)2)3-5-16-6-4-15/h12,16H,3-10H2,1-2H3,(H,17,21)/t12-/m1/s1. The molecule has 2 aliphatic heterocycles. The Bertz CT molecular complexity index is 541. The number of nitrogens with one attached hydrogen (secondary N) is 2. The van der Waals surface area contributed by atoms with Gasteiger partial charge >= 0.3 is 0 Å². The Morgan fingerprint density at radius 1 is 1.48 bits per heavy atom. The Morgan fingerprint density at radius 3 is 2.96 bits per heavy atom. The number of aryl methyl sites for hydroxylation is 1. The first-order valence-corrected chi connectivity index (χ1v) is 8.20. The van der Waals surface area contributed by atoms with Crippen LogP contribution in [0.3, 0.4) is 0 Å². The molecule has 128 valence electrons. The van der Waals surface area contributed by atoms with Crippen molar-refractivity contribution in [3.8, 4) is 5.88 Å². The maximum atomic E-state index is 12.4. The molecule has 2 aliphatic rings. The van der Waals surface area contributed by atoms with Gasteiger partial charge in [0.2, 0.25) is 5.91 Å². The zero-order valence-corrected chi connectivity index (χ0v) is 13.8. The van der Waals surface area contributed by atoms with Crippen molar-refractivity contribution in [1.82, 2.24) is 25.8 Å². The molecule has 0 unspecified atom stereocenters. The lowest BCUT2D eigenvalue weighted by Gasteiger charge is -2.33. The van der Waals surface area contributed by atoms with E-state index in [1.54, 1.807) is 6.92 Å². The van der Waals surface area contributed by atoms with Gasteiger partial charge in [-0.15, -0.1) is 0 Å². The number of hydrogen-bond acceptors (Lipinski definition) is 7. The zero-order chi connectivity index (χ0) is 16.3. The summed E-state index contributed by atoms with van der Waals surface area (Å²) < 4.78 is 9.98. The molecule has 0 saturated carbocycles. The highest BCUT2D eigenvalue weighted by Crippen LogP contribution is 2.41. The third-order valence-corrected chi connectivity index (χ3v) is 4.96. The Morgan fingerprint density at radius 2 is 2.26 bits per heavy atom. The normalized spacial score (nSPS) is 24.0. The molecule has 2 saturated heterocycles. The molecular weight excluding hydrogens is 298 g/mol. The highest BCUT2D eigenvalue weighted by atomic mass is 16.6. The predicted molar refractivity (Wildman–Crippen MR) is 83.1 cm³/mol. The first-order chi connectivity index (χ1) is 11.1. The number of nitrogens with zero attached hydrogens (tertiary/aromatic N) is 3. The maximum absolute atomic E-state index is 12.4. The molecule has 0 aromatic carbocycles. The molecule has 2 fully saturated rings. The third kappa shape index (κ3) is 3.64. The minimum Gasteiger partial charge on any atom is -0.472 e. The van der Waals surface area contributed by atoms with Crippen molar-refractivity contribution >= 4 is 5.91 Å². The van der Waals surface area contributed by atoms with Gasteiger partial charge in [-0.3, -0.25) is 9.69 Å². The average molecular weight is 323 g/mol. The summed E-state index contributed by atoms with van der Waals surface area (Å²) in [4.78, 5) is 14.6. The number of piperidine rings is 1. The maximum Gasteiger partial charge on any atom is 0.278 e. The first kappa shape index (κ1) is 16.2. The Labute approximate surface area is 135 Å². The molecule has 3 heterocycles. The molecule has 1 aromatic heterocycles. The number of hydrogen-bond donors (Lipinski definition) is 2. The van der Waals surface area contributed by atoms with Crippen LogP contribution in [0.5, 0.6) is 5.88 Å². The van der Waals surface area contributed by atoms with Crippen molar-refractivity contribution < 1.29 is 14.2 Å². The molecule has 8 nitrogen and oxygen atoms in total. The summed E-state index contributed by atoms with van der Waals surface area (Å²) in [5.74, 6) is 0.465. The Balaban J connectivity index is 1.44. The van der Waals surface area contributed by atoms with Crippen LogP contribution >= 0.6 is 0 Å². The fourth-order valence-corrected chi connectivity index (χ4v) is 3.68. The van der Waals surface area contributed by atoms with Crippen molar-refractivity contribution in [3.63, 3.8) is 0 Å². The average Bonchev–Trinajstić information content (AvgIpc) is 3.08. The minimum atomic E-state index is -0.0384. The van der Waals surface area contributed by atoms with Crippen LogP contribution in [0.15, 0.2) is 4.63 Å². The number of likely N-dealkylation sites (tertiary alicyclic amines) is 1. The van der Waals surface area contributed by atoms with Crippen LogP contribution in [0.2, 0.25) is 0 Å². The van der Waals surface area contributed by atoms with Crippen LogP contribution < -0.4 is 15.4 Å². The smallest absolute Gasteiger partial charge is 0.278 e. The summed E-state index contributed by atoms with van der Waals surface area (Å²) in [5.41, 5.74) is 0.918. The molecule has 1 aromatic rings. The molecule has 8 heteroatoms. The second-order valence-corrected chi connectivity index (χ2v) is 6.68. The lowest BCUT2D eigenvalue weighted by molar-refractivity contribution is -0.125. The van der Waals surface area contributed by atoms with E-state index in [1.165, 1.54) is 0 Å². The summed E-state index contributed by atoms with van der Waals surface area (Å²) >= 11 is 0. The van der Waals surface area contributed by atoms with E-state index >= 15 is 0 Å². The topological polar surface area (TPSA) is 92.5 Å². The van der Waals surface area contributed by atoms with Crippen molar-refractivity contribution in [2.75, 3.05) is 39.8 Å². The van der Waals surface area contributed by atoms with Crippen LogP contribution in [-0.2, 0) is 4.79 Å².